The third-order valence-corrected chi connectivity index (χ3v) is 1.90. The Morgan fingerprint density at radius 1 is 1.55 bits per heavy atom. The lowest BCUT2D eigenvalue weighted by Gasteiger charge is -2.31. The average molecular weight is 162 g/mol. The van der Waals surface area contributed by atoms with E-state index in [0.717, 1.165) is 0 Å². The van der Waals surface area contributed by atoms with E-state index in [1.54, 1.807) is 7.11 Å². The molecule has 11 heavy (non-hydrogen) atoms. The third kappa shape index (κ3) is 2.13. The summed E-state index contributed by atoms with van der Waals surface area (Å²) in [5, 5.41) is 18.0. The van der Waals surface area contributed by atoms with Crippen molar-refractivity contribution in [1.82, 2.24) is 0 Å². The van der Waals surface area contributed by atoms with Gasteiger partial charge in [-0.25, -0.2) is 0 Å². The molecule has 0 saturated carbocycles. The molecule has 4 heteroatoms. The van der Waals surface area contributed by atoms with Crippen molar-refractivity contribution in [3.05, 3.63) is 0 Å². The number of methoxy groups -OCH3 is 1. The highest BCUT2D eigenvalue weighted by molar-refractivity contribution is 4.74. The largest absolute Gasteiger partial charge is 0.394 e. The van der Waals surface area contributed by atoms with Crippen molar-refractivity contribution in [3.63, 3.8) is 0 Å². The van der Waals surface area contributed by atoms with Crippen molar-refractivity contribution in [2.45, 2.75) is 31.3 Å². The predicted molar refractivity (Wildman–Crippen MR) is 38.0 cm³/mol. The highest BCUT2D eigenvalue weighted by atomic mass is 16.7. The zero-order chi connectivity index (χ0) is 8.27. The molecule has 1 aliphatic rings. The molecule has 0 aliphatic carbocycles. The van der Waals surface area contributed by atoms with Gasteiger partial charge in [-0.15, -0.1) is 0 Å². The van der Waals surface area contributed by atoms with Crippen LogP contribution in [-0.4, -0.2) is 42.4 Å². The van der Waals surface area contributed by atoms with Gasteiger partial charge in [0.15, 0.2) is 6.29 Å². The minimum atomic E-state index is -0.550. The van der Waals surface area contributed by atoms with Crippen LogP contribution >= 0.6 is 0 Å². The lowest BCUT2D eigenvalue weighted by atomic mass is 10.1. The molecular formula is C7H14O4. The molecule has 1 rings (SSSR count). The first-order valence-electron chi connectivity index (χ1n) is 3.75. The van der Waals surface area contributed by atoms with Crippen molar-refractivity contribution < 1.29 is 19.7 Å². The maximum absolute atomic E-state index is 9.24. The number of aliphatic hydroxyl groups excluding tert-OH is 2. The Labute approximate surface area is 65.7 Å². The molecule has 0 aromatic rings. The summed E-state index contributed by atoms with van der Waals surface area (Å²) in [5.41, 5.74) is 0. The first-order chi connectivity index (χ1) is 5.27. The Hall–Kier alpha value is -0.160. The zero-order valence-corrected chi connectivity index (χ0v) is 6.56. The molecule has 0 bridgehead atoms. The van der Waals surface area contributed by atoms with Crippen LogP contribution in [0.2, 0.25) is 0 Å². The molecule has 0 radical (unpaired) electrons. The van der Waals surface area contributed by atoms with E-state index in [2.05, 4.69) is 0 Å². The second-order valence-corrected chi connectivity index (χ2v) is 2.67. The van der Waals surface area contributed by atoms with Crippen molar-refractivity contribution >= 4 is 0 Å². The fourth-order valence-electron chi connectivity index (χ4n) is 1.18. The standard InChI is InChI=1S/C7H14O4/c1-10-7-3-2-5(9)6(4-8)11-7/h5-9H,2-4H2,1H3/t5-,6+,7+/m1/s1. The van der Waals surface area contributed by atoms with E-state index in [9.17, 15) is 5.11 Å². The third-order valence-electron chi connectivity index (χ3n) is 1.90. The van der Waals surface area contributed by atoms with E-state index >= 15 is 0 Å². The molecule has 1 aliphatic heterocycles. The van der Waals surface area contributed by atoms with Crippen molar-refractivity contribution in [1.29, 1.82) is 0 Å². The van der Waals surface area contributed by atoms with E-state index in [1.165, 1.54) is 0 Å². The van der Waals surface area contributed by atoms with Crippen LogP contribution in [0.4, 0.5) is 0 Å². The second-order valence-electron chi connectivity index (χ2n) is 2.67. The quantitative estimate of drug-likeness (QED) is 0.574. The van der Waals surface area contributed by atoms with Crippen LogP contribution in [0.3, 0.4) is 0 Å². The average Bonchev–Trinajstić information content (AvgIpc) is 2.05. The molecule has 2 N–H and O–H groups in total. The fourth-order valence-corrected chi connectivity index (χ4v) is 1.18. The second kappa shape index (κ2) is 4.01. The number of hydrogen-bond donors (Lipinski definition) is 2. The molecule has 1 fully saturated rings. The fraction of sp³-hybridized carbons (Fsp3) is 1.00. The molecule has 0 aromatic heterocycles. The molecule has 0 amide bonds. The van der Waals surface area contributed by atoms with Crippen LogP contribution in [0.1, 0.15) is 12.8 Å². The van der Waals surface area contributed by atoms with E-state index in [-0.39, 0.29) is 12.9 Å². The Balaban J connectivity index is 2.37. The van der Waals surface area contributed by atoms with E-state index in [4.69, 9.17) is 14.6 Å². The lowest BCUT2D eigenvalue weighted by molar-refractivity contribution is -0.219. The van der Waals surface area contributed by atoms with Crippen molar-refractivity contribution in [3.8, 4) is 0 Å². The number of hydrogen-bond acceptors (Lipinski definition) is 4. The van der Waals surface area contributed by atoms with Gasteiger partial charge in [-0.3, -0.25) is 0 Å². The molecule has 3 atom stereocenters. The molecule has 0 aromatic carbocycles. The minimum Gasteiger partial charge on any atom is -0.394 e. The summed E-state index contributed by atoms with van der Waals surface area (Å²) in [6.45, 7) is -0.152. The summed E-state index contributed by atoms with van der Waals surface area (Å²) in [6.07, 6.45) is 0.0217. The van der Waals surface area contributed by atoms with Crippen LogP contribution in [0, 0.1) is 0 Å². The molecule has 1 saturated heterocycles. The summed E-state index contributed by atoms with van der Waals surface area (Å²) < 4.78 is 10.1. The van der Waals surface area contributed by atoms with Gasteiger partial charge in [0, 0.05) is 13.5 Å². The molecule has 0 spiro atoms. The number of ether oxygens (including phenoxy) is 2. The normalized spacial score (nSPS) is 39.0. The van der Waals surface area contributed by atoms with Crippen LogP contribution in [0.5, 0.6) is 0 Å². The van der Waals surface area contributed by atoms with Gasteiger partial charge in [-0.05, 0) is 6.42 Å². The number of aliphatic hydroxyl groups is 2. The van der Waals surface area contributed by atoms with Gasteiger partial charge in [0.2, 0.25) is 0 Å². The Morgan fingerprint density at radius 2 is 2.27 bits per heavy atom. The van der Waals surface area contributed by atoms with Crippen LogP contribution in [-0.2, 0) is 9.47 Å². The van der Waals surface area contributed by atoms with Gasteiger partial charge in [0.05, 0.1) is 12.7 Å². The van der Waals surface area contributed by atoms with Gasteiger partial charge in [0.1, 0.15) is 6.10 Å². The van der Waals surface area contributed by atoms with Gasteiger partial charge in [-0.2, -0.15) is 0 Å². The van der Waals surface area contributed by atoms with E-state index in [0.29, 0.717) is 12.8 Å². The van der Waals surface area contributed by atoms with Crippen LogP contribution in [0.25, 0.3) is 0 Å². The first kappa shape index (κ1) is 8.93. The van der Waals surface area contributed by atoms with Gasteiger partial charge in [-0.1, -0.05) is 0 Å². The zero-order valence-electron chi connectivity index (χ0n) is 6.56. The highest BCUT2D eigenvalue weighted by Crippen LogP contribution is 2.19. The van der Waals surface area contributed by atoms with E-state index < -0.39 is 12.2 Å². The first-order valence-corrected chi connectivity index (χ1v) is 3.75. The molecule has 1 heterocycles. The van der Waals surface area contributed by atoms with Crippen LogP contribution in [0.15, 0.2) is 0 Å². The van der Waals surface area contributed by atoms with E-state index in [1.807, 2.05) is 0 Å². The summed E-state index contributed by atoms with van der Waals surface area (Å²) in [6, 6.07) is 0. The molecule has 4 nitrogen and oxygen atoms in total. The minimum absolute atomic E-state index is 0.152. The molecular weight excluding hydrogens is 148 g/mol. The smallest absolute Gasteiger partial charge is 0.157 e. The Kier molecular flexibility index (Phi) is 3.26. The van der Waals surface area contributed by atoms with Gasteiger partial charge < -0.3 is 19.7 Å². The summed E-state index contributed by atoms with van der Waals surface area (Å²) >= 11 is 0. The maximum Gasteiger partial charge on any atom is 0.157 e. The lowest BCUT2D eigenvalue weighted by Crippen LogP contribution is -2.41. The summed E-state index contributed by atoms with van der Waals surface area (Å²) in [5.74, 6) is 0. The van der Waals surface area contributed by atoms with Gasteiger partial charge >= 0.3 is 0 Å². The monoisotopic (exact) mass is 162 g/mol. The predicted octanol–water partition coefficient (Wildman–Crippen LogP) is -0.509. The maximum atomic E-state index is 9.24. The molecule has 66 valence electrons. The summed E-state index contributed by atoms with van der Waals surface area (Å²) in [4.78, 5) is 0. The topological polar surface area (TPSA) is 58.9 Å². The Morgan fingerprint density at radius 3 is 2.82 bits per heavy atom. The SMILES string of the molecule is CO[C@@H]1CC[C@@H](O)[C@H](CO)O1. The van der Waals surface area contributed by atoms with Crippen LogP contribution < -0.4 is 0 Å². The summed E-state index contributed by atoms with van der Waals surface area (Å²) in [7, 11) is 1.55. The van der Waals surface area contributed by atoms with Crippen molar-refractivity contribution in [2.24, 2.45) is 0 Å². The number of rotatable bonds is 2. The molecule has 0 unspecified atom stereocenters. The highest BCUT2D eigenvalue weighted by Gasteiger charge is 2.28. The van der Waals surface area contributed by atoms with Gasteiger partial charge in [0.25, 0.3) is 0 Å². The van der Waals surface area contributed by atoms with Crippen molar-refractivity contribution in [2.75, 3.05) is 13.7 Å². The Bertz CT molecular complexity index is 117.